The van der Waals surface area contributed by atoms with E-state index in [0.29, 0.717) is 42.0 Å². The summed E-state index contributed by atoms with van der Waals surface area (Å²) in [6, 6.07) is 14.0. The molecule has 2 aromatic carbocycles. The molecule has 0 aliphatic heterocycles. The Bertz CT molecular complexity index is 1200. The Hall–Kier alpha value is -3.47. The molecule has 1 heterocycles. The summed E-state index contributed by atoms with van der Waals surface area (Å²) < 4.78 is 12.8. The molecule has 0 amide bonds. The summed E-state index contributed by atoms with van der Waals surface area (Å²) in [5.74, 6) is 1.08. The third-order valence-corrected chi connectivity index (χ3v) is 6.11. The molecule has 1 unspecified atom stereocenters. The van der Waals surface area contributed by atoms with Gasteiger partial charge in [0.15, 0.2) is 42.0 Å². The SMILES string of the molecule is COc1cc2c(cc1OC)C(=O)C(Cc1cc[n+](Cc3cccc(C)c3)cc1C(C)=O)C2. The van der Waals surface area contributed by atoms with E-state index in [2.05, 4.69) is 25.1 Å². The van der Waals surface area contributed by atoms with Crippen molar-refractivity contribution in [1.29, 1.82) is 0 Å². The quantitative estimate of drug-likeness (QED) is 0.417. The van der Waals surface area contributed by atoms with Crippen LogP contribution in [-0.2, 0) is 19.4 Å². The smallest absolute Gasteiger partial charge is 0.180 e. The van der Waals surface area contributed by atoms with E-state index in [1.807, 2.05) is 35.2 Å². The van der Waals surface area contributed by atoms with Gasteiger partial charge in [-0.1, -0.05) is 23.8 Å². The third kappa shape index (κ3) is 4.28. The van der Waals surface area contributed by atoms with Crippen LogP contribution in [0.15, 0.2) is 54.9 Å². The summed E-state index contributed by atoms with van der Waals surface area (Å²) in [6.45, 7) is 4.34. The van der Waals surface area contributed by atoms with Gasteiger partial charge in [0.05, 0.1) is 19.8 Å². The van der Waals surface area contributed by atoms with E-state index in [9.17, 15) is 9.59 Å². The number of nitrogens with zero attached hydrogens (tertiary/aromatic N) is 1. The van der Waals surface area contributed by atoms with Crippen molar-refractivity contribution in [2.45, 2.75) is 33.2 Å². The Morgan fingerprint density at radius 2 is 1.84 bits per heavy atom. The van der Waals surface area contributed by atoms with Gasteiger partial charge >= 0.3 is 0 Å². The number of benzene rings is 2. The van der Waals surface area contributed by atoms with Crippen molar-refractivity contribution in [3.05, 3.63) is 88.2 Å². The van der Waals surface area contributed by atoms with E-state index in [1.54, 1.807) is 27.2 Å². The predicted octanol–water partition coefficient (Wildman–Crippen LogP) is 4.15. The predicted molar refractivity (Wildman–Crippen MR) is 122 cm³/mol. The summed E-state index contributed by atoms with van der Waals surface area (Å²) >= 11 is 0. The fraction of sp³-hybridized carbons (Fsp3) is 0.296. The fourth-order valence-electron chi connectivity index (χ4n) is 4.51. The highest BCUT2D eigenvalue weighted by molar-refractivity contribution is 6.03. The third-order valence-electron chi connectivity index (χ3n) is 6.11. The first-order valence-electron chi connectivity index (χ1n) is 10.8. The molecule has 0 saturated heterocycles. The Morgan fingerprint density at radius 3 is 2.53 bits per heavy atom. The number of fused-ring (bicyclic) bond motifs is 1. The van der Waals surface area contributed by atoms with Crippen molar-refractivity contribution < 1.29 is 23.6 Å². The first-order valence-corrected chi connectivity index (χ1v) is 10.8. The topological polar surface area (TPSA) is 56.5 Å². The molecule has 0 N–H and O–H groups in total. The maximum atomic E-state index is 13.1. The molecule has 0 bridgehead atoms. The second-order valence-electron chi connectivity index (χ2n) is 8.44. The lowest BCUT2D eigenvalue weighted by atomic mass is 9.92. The molecular formula is C27H28NO4+. The number of hydrogen-bond acceptors (Lipinski definition) is 4. The van der Waals surface area contributed by atoms with Crippen LogP contribution in [-0.4, -0.2) is 25.8 Å². The van der Waals surface area contributed by atoms with E-state index in [-0.39, 0.29) is 17.5 Å². The molecule has 4 rings (SSSR count). The van der Waals surface area contributed by atoms with Crippen LogP contribution >= 0.6 is 0 Å². The largest absolute Gasteiger partial charge is 0.493 e. The van der Waals surface area contributed by atoms with Gasteiger partial charge in [-0.2, -0.15) is 0 Å². The molecule has 0 fully saturated rings. The maximum absolute atomic E-state index is 13.1. The number of hydrogen-bond donors (Lipinski definition) is 0. The molecule has 1 atom stereocenters. The zero-order valence-electron chi connectivity index (χ0n) is 19.0. The second-order valence-corrected chi connectivity index (χ2v) is 8.44. The van der Waals surface area contributed by atoms with Crippen molar-refractivity contribution >= 4 is 11.6 Å². The Morgan fingerprint density at radius 1 is 1.09 bits per heavy atom. The number of ketones is 2. The van der Waals surface area contributed by atoms with E-state index < -0.39 is 0 Å². The van der Waals surface area contributed by atoms with Gasteiger partial charge in [-0.15, -0.1) is 0 Å². The minimum absolute atomic E-state index is 0.00453. The number of Topliss-reactive ketones (excluding diaryl/α,β-unsaturated/α-hetero) is 2. The molecule has 0 saturated carbocycles. The van der Waals surface area contributed by atoms with Crippen LogP contribution in [0.2, 0.25) is 0 Å². The van der Waals surface area contributed by atoms with Crippen molar-refractivity contribution in [1.82, 2.24) is 0 Å². The first-order chi connectivity index (χ1) is 15.4. The highest BCUT2D eigenvalue weighted by atomic mass is 16.5. The summed E-state index contributed by atoms with van der Waals surface area (Å²) in [6.07, 6.45) is 5.05. The number of rotatable bonds is 7. The van der Waals surface area contributed by atoms with Crippen molar-refractivity contribution in [3.63, 3.8) is 0 Å². The highest BCUT2D eigenvalue weighted by Gasteiger charge is 2.33. The highest BCUT2D eigenvalue weighted by Crippen LogP contribution is 2.37. The van der Waals surface area contributed by atoms with Crippen LogP contribution in [0.5, 0.6) is 11.5 Å². The number of aryl methyl sites for hydroxylation is 1. The monoisotopic (exact) mass is 430 g/mol. The number of ether oxygens (including phenoxy) is 2. The zero-order valence-corrected chi connectivity index (χ0v) is 19.0. The Labute approximate surface area is 188 Å². The molecule has 0 spiro atoms. The maximum Gasteiger partial charge on any atom is 0.180 e. The van der Waals surface area contributed by atoms with Gasteiger partial charge in [0, 0.05) is 23.1 Å². The molecule has 5 heteroatoms. The van der Waals surface area contributed by atoms with Gasteiger partial charge in [0.25, 0.3) is 0 Å². The average Bonchev–Trinajstić information content (AvgIpc) is 3.08. The van der Waals surface area contributed by atoms with E-state index >= 15 is 0 Å². The summed E-state index contributed by atoms with van der Waals surface area (Å²) in [4.78, 5) is 25.5. The average molecular weight is 431 g/mol. The van der Waals surface area contributed by atoms with E-state index in [1.165, 1.54) is 11.1 Å². The number of pyridine rings is 1. The molecule has 1 aliphatic rings. The fourth-order valence-corrected chi connectivity index (χ4v) is 4.51. The van der Waals surface area contributed by atoms with Gasteiger partial charge in [0.2, 0.25) is 0 Å². The van der Waals surface area contributed by atoms with E-state index in [0.717, 1.165) is 11.1 Å². The van der Waals surface area contributed by atoms with Crippen LogP contribution in [0.25, 0.3) is 0 Å². The first kappa shape index (κ1) is 21.8. The van der Waals surface area contributed by atoms with Gasteiger partial charge in [0.1, 0.15) is 0 Å². The molecule has 32 heavy (non-hydrogen) atoms. The van der Waals surface area contributed by atoms with Crippen LogP contribution in [0.3, 0.4) is 0 Å². The van der Waals surface area contributed by atoms with Gasteiger partial charge < -0.3 is 9.47 Å². The Balaban J connectivity index is 1.58. The lowest BCUT2D eigenvalue weighted by molar-refractivity contribution is -0.688. The number of methoxy groups -OCH3 is 2. The number of aromatic nitrogens is 1. The molecule has 164 valence electrons. The molecule has 1 aromatic heterocycles. The minimum atomic E-state index is -0.201. The van der Waals surface area contributed by atoms with Gasteiger partial charge in [-0.3, -0.25) is 9.59 Å². The molecule has 0 radical (unpaired) electrons. The van der Waals surface area contributed by atoms with Crippen LogP contribution in [0.1, 0.15) is 49.9 Å². The summed E-state index contributed by atoms with van der Waals surface area (Å²) in [5.41, 5.74) is 5.61. The van der Waals surface area contributed by atoms with Crippen LogP contribution < -0.4 is 14.0 Å². The molecular weight excluding hydrogens is 402 g/mol. The molecule has 1 aliphatic carbocycles. The Kier molecular flexibility index (Phi) is 6.08. The normalized spacial score (nSPS) is 14.9. The summed E-state index contributed by atoms with van der Waals surface area (Å²) in [5, 5.41) is 0. The molecule has 3 aromatic rings. The number of carbonyl (C=O) groups excluding carboxylic acids is 2. The molecule has 5 nitrogen and oxygen atoms in total. The van der Waals surface area contributed by atoms with Crippen LogP contribution in [0, 0.1) is 12.8 Å². The van der Waals surface area contributed by atoms with Crippen molar-refractivity contribution in [2.24, 2.45) is 5.92 Å². The number of carbonyl (C=O) groups is 2. The van der Waals surface area contributed by atoms with E-state index in [4.69, 9.17) is 9.47 Å². The lowest BCUT2D eigenvalue weighted by Gasteiger charge is -2.11. The summed E-state index contributed by atoms with van der Waals surface area (Å²) in [7, 11) is 3.16. The lowest BCUT2D eigenvalue weighted by Crippen LogP contribution is -2.35. The second kappa shape index (κ2) is 8.95. The standard InChI is InChI=1S/C27H28NO4/c1-17-6-5-7-19(10-17)15-28-9-8-20(24(16-28)18(2)29)11-22-12-21-13-25(31-3)26(32-4)14-23(21)27(22)30/h5-10,13-14,16,22H,11-12,15H2,1-4H3/q+1. The minimum Gasteiger partial charge on any atom is -0.493 e. The zero-order chi connectivity index (χ0) is 22.8. The van der Waals surface area contributed by atoms with Crippen molar-refractivity contribution in [2.75, 3.05) is 14.2 Å². The van der Waals surface area contributed by atoms with Gasteiger partial charge in [-0.05, 0) is 56.0 Å². The van der Waals surface area contributed by atoms with Crippen LogP contribution in [0.4, 0.5) is 0 Å². The van der Waals surface area contributed by atoms with Crippen molar-refractivity contribution in [3.8, 4) is 11.5 Å². The van der Waals surface area contributed by atoms with Gasteiger partial charge in [-0.25, -0.2) is 4.57 Å².